The van der Waals surface area contributed by atoms with E-state index in [0.29, 0.717) is 11.4 Å². The third-order valence-electron chi connectivity index (χ3n) is 3.91. The molecule has 0 aliphatic heterocycles. The van der Waals surface area contributed by atoms with Gasteiger partial charge < -0.3 is 10.6 Å². The number of rotatable bonds is 8. The molecule has 1 amide bonds. The van der Waals surface area contributed by atoms with Crippen molar-refractivity contribution in [3.05, 3.63) is 65.9 Å². The largest absolute Gasteiger partial charge is 0.360 e. The number of hydrogen-bond donors (Lipinski definition) is 3. The molecule has 0 radical (unpaired) electrons. The van der Waals surface area contributed by atoms with Crippen molar-refractivity contribution < 1.29 is 17.8 Å². The number of anilines is 2. The molecule has 0 aliphatic carbocycles. The first-order valence-electron chi connectivity index (χ1n) is 8.68. The number of aryl methyl sites for hydroxylation is 1. The molecule has 2 aromatic rings. The molecule has 2 aromatic carbocycles. The Morgan fingerprint density at radius 2 is 1.89 bits per heavy atom. The minimum atomic E-state index is -4.34. The molecule has 3 N–H and O–H groups in total. The van der Waals surface area contributed by atoms with Crippen molar-refractivity contribution in [2.75, 3.05) is 10.6 Å². The SMILES string of the molecule is CCCCc1ccc(NC(=O)/C(C#N)=C\Nc2cccc(S(=O)(=O)O)c2)cc1. The maximum atomic E-state index is 12.3. The van der Waals surface area contributed by atoms with E-state index in [-0.39, 0.29) is 10.5 Å². The second-order valence-electron chi connectivity index (χ2n) is 6.07. The smallest absolute Gasteiger partial charge is 0.294 e. The first-order chi connectivity index (χ1) is 13.3. The van der Waals surface area contributed by atoms with Crippen molar-refractivity contribution in [3.8, 4) is 6.07 Å². The topological polar surface area (TPSA) is 119 Å². The average molecular weight is 399 g/mol. The van der Waals surface area contributed by atoms with Gasteiger partial charge in [-0.25, -0.2) is 0 Å². The van der Waals surface area contributed by atoms with Crippen molar-refractivity contribution in [2.45, 2.75) is 31.1 Å². The van der Waals surface area contributed by atoms with Crippen LogP contribution in [0.15, 0.2) is 65.2 Å². The molecule has 0 fully saturated rings. The summed E-state index contributed by atoms with van der Waals surface area (Å²) in [5.74, 6) is -0.595. The van der Waals surface area contributed by atoms with Crippen LogP contribution >= 0.6 is 0 Å². The Morgan fingerprint density at radius 3 is 2.50 bits per heavy atom. The van der Waals surface area contributed by atoms with E-state index in [0.717, 1.165) is 19.3 Å². The minimum absolute atomic E-state index is 0.188. The normalized spacial score (nSPS) is 11.5. The second kappa shape index (κ2) is 9.69. The first kappa shape index (κ1) is 21.2. The number of hydrogen-bond acceptors (Lipinski definition) is 5. The summed E-state index contributed by atoms with van der Waals surface area (Å²) >= 11 is 0. The number of nitrogens with one attached hydrogen (secondary N) is 2. The summed E-state index contributed by atoms with van der Waals surface area (Å²) in [6.45, 7) is 2.12. The van der Waals surface area contributed by atoms with E-state index < -0.39 is 16.0 Å². The quantitative estimate of drug-likeness (QED) is 0.353. The lowest BCUT2D eigenvalue weighted by Gasteiger charge is -2.07. The van der Waals surface area contributed by atoms with Crippen LogP contribution in [-0.2, 0) is 21.3 Å². The Morgan fingerprint density at radius 1 is 1.18 bits per heavy atom. The molecule has 0 saturated heterocycles. The summed E-state index contributed by atoms with van der Waals surface area (Å²) in [5, 5.41) is 14.6. The molecular formula is C20H21N3O4S. The third kappa shape index (κ3) is 6.23. The Hall–Kier alpha value is -3.15. The van der Waals surface area contributed by atoms with Gasteiger partial charge in [-0.15, -0.1) is 0 Å². The Bertz CT molecular complexity index is 1010. The third-order valence-corrected chi connectivity index (χ3v) is 4.76. The molecule has 8 heteroatoms. The predicted molar refractivity (Wildman–Crippen MR) is 107 cm³/mol. The number of carbonyl (C=O) groups excluding carboxylic acids is 1. The van der Waals surface area contributed by atoms with Gasteiger partial charge in [-0.05, 0) is 48.7 Å². The molecule has 0 bridgehead atoms. The number of unbranched alkanes of at least 4 members (excludes halogenated alkanes) is 1. The average Bonchev–Trinajstić information content (AvgIpc) is 2.67. The van der Waals surface area contributed by atoms with E-state index in [1.54, 1.807) is 18.2 Å². The number of amides is 1. The monoisotopic (exact) mass is 399 g/mol. The van der Waals surface area contributed by atoms with Crippen LogP contribution in [0.2, 0.25) is 0 Å². The van der Waals surface area contributed by atoms with Gasteiger partial charge in [0.1, 0.15) is 11.6 Å². The number of carbonyl (C=O) groups is 1. The van der Waals surface area contributed by atoms with Crippen LogP contribution < -0.4 is 10.6 Å². The lowest BCUT2D eigenvalue weighted by atomic mass is 10.1. The van der Waals surface area contributed by atoms with Crippen molar-refractivity contribution in [2.24, 2.45) is 0 Å². The van der Waals surface area contributed by atoms with Crippen molar-refractivity contribution >= 4 is 27.4 Å². The standard InChI is InChI=1S/C20H21N3O4S/c1-2-3-5-15-8-10-17(11-9-15)23-20(24)16(13-21)14-22-18-6-4-7-19(12-18)28(25,26)27/h4,6-12,14,22H,2-3,5H2,1H3,(H,23,24)(H,25,26,27)/b16-14-. The van der Waals surface area contributed by atoms with Crippen molar-refractivity contribution in [3.63, 3.8) is 0 Å². The second-order valence-corrected chi connectivity index (χ2v) is 7.49. The van der Waals surface area contributed by atoms with Gasteiger partial charge in [-0.2, -0.15) is 13.7 Å². The molecule has 2 rings (SSSR count). The van der Waals surface area contributed by atoms with Gasteiger partial charge in [0.05, 0.1) is 4.90 Å². The van der Waals surface area contributed by atoms with E-state index in [4.69, 9.17) is 4.55 Å². The zero-order valence-corrected chi connectivity index (χ0v) is 16.2. The fourth-order valence-corrected chi connectivity index (χ4v) is 2.91. The Labute approximate surface area is 164 Å². The van der Waals surface area contributed by atoms with Gasteiger partial charge in [-0.3, -0.25) is 9.35 Å². The summed E-state index contributed by atoms with van der Waals surface area (Å²) in [5.41, 5.74) is 1.86. The predicted octanol–water partition coefficient (Wildman–Crippen LogP) is 3.73. The van der Waals surface area contributed by atoms with Gasteiger partial charge in [0.25, 0.3) is 16.0 Å². The summed E-state index contributed by atoms with van der Waals surface area (Å²) in [7, 11) is -4.34. The number of nitrogens with zero attached hydrogens (tertiary/aromatic N) is 1. The maximum Gasteiger partial charge on any atom is 0.294 e. The fraction of sp³-hybridized carbons (Fsp3) is 0.200. The summed E-state index contributed by atoms with van der Waals surface area (Å²) < 4.78 is 31.4. The molecule has 0 unspecified atom stereocenters. The zero-order valence-electron chi connectivity index (χ0n) is 15.3. The van der Waals surface area contributed by atoms with E-state index >= 15 is 0 Å². The first-order valence-corrected chi connectivity index (χ1v) is 10.1. The summed E-state index contributed by atoms with van der Waals surface area (Å²) in [4.78, 5) is 12.0. The van der Waals surface area contributed by atoms with Gasteiger partial charge >= 0.3 is 0 Å². The molecular weight excluding hydrogens is 378 g/mol. The van der Waals surface area contributed by atoms with Crippen LogP contribution in [-0.4, -0.2) is 18.9 Å². The van der Waals surface area contributed by atoms with E-state index in [9.17, 15) is 18.5 Å². The van der Waals surface area contributed by atoms with E-state index in [1.807, 2.05) is 12.1 Å². The molecule has 0 aromatic heterocycles. The highest BCUT2D eigenvalue weighted by molar-refractivity contribution is 7.85. The zero-order chi connectivity index (χ0) is 20.6. The van der Waals surface area contributed by atoms with Crippen molar-refractivity contribution in [1.29, 1.82) is 5.26 Å². The van der Waals surface area contributed by atoms with Crippen LogP contribution in [0.1, 0.15) is 25.3 Å². The van der Waals surface area contributed by atoms with Crippen LogP contribution in [0, 0.1) is 11.3 Å². The lowest BCUT2D eigenvalue weighted by molar-refractivity contribution is -0.112. The van der Waals surface area contributed by atoms with Gasteiger partial charge in [0, 0.05) is 17.6 Å². The molecule has 0 spiro atoms. The molecule has 0 heterocycles. The van der Waals surface area contributed by atoms with E-state index in [1.165, 1.54) is 36.0 Å². The van der Waals surface area contributed by atoms with Gasteiger partial charge in [-0.1, -0.05) is 31.5 Å². The number of benzene rings is 2. The van der Waals surface area contributed by atoms with Gasteiger partial charge in [0.2, 0.25) is 0 Å². The molecule has 146 valence electrons. The molecule has 28 heavy (non-hydrogen) atoms. The molecule has 0 saturated carbocycles. The van der Waals surface area contributed by atoms with Crippen LogP contribution in [0.3, 0.4) is 0 Å². The summed E-state index contributed by atoms with van der Waals surface area (Å²) in [6.07, 6.45) is 4.35. The molecule has 0 aliphatic rings. The molecule has 7 nitrogen and oxygen atoms in total. The van der Waals surface area contributed by atoms with Crippen LogP contribution in [0.5, 0.6) is 0 Å². The highest BCUT2D eigenvalue weighted by atomic mass is 32.2. The fourth-order valence-electron chi connectivity index (χ4n) is 2.38. The van der Waals surface area contributed by atoms with E-state index in [2.05, 4.69) is 17.6 Å². The molecule has 0 atom stereocenters. The highest BCUT2D eigenvalue weighted by Crippen LogP contribution is 2.16. The van der Waals surface area contributed by atoms with Crippen molar-refractivity contribution in [1.82, 2.24) is 0 Å². The Kier molecular flexibility index (Phi) is 7.32. The van der Waals surface area contributed by atoms with Gasteiger partial charge in [0.15, 0.2) is 0 Å². The number of nitriles is 1. The van der Waals surface area contributed by atoms with Crippen LogP contribution in [0.25, 0.3) is 0 Å². The van der Waals surface area contributed by atoms with Crippen LogP contribution in [0.4, 0.5) is 11.4 Å². The Balaban J connectivity index is 2.06. The maximum absolute atomic E-state index is 12.3. The minimum Gasteiger partial charge on any atom is -0.360 e. The lowest BCUT2D eigenvalue weighted by Crippen LogP contribution is -2.14. The highest BCUT2D eigenvalue weighted by Gasteiger charge is 2.11. The summed E-state index contributed by atoms with van der Waals surface area (Å²) in [6, 6.07) is 14.6.